The molecule has 1 aromatic rings. The summed E-state index contributed by atoms with van der Waals surface area (Å²) in [5.41, 5.74) is 0.610. The molecule has 0 aliphatic carbocycles. The Labute approximate surface area is 144 Å². The van der Waals surface area contributed by atoms with E-state index in [1.165, 1.54) is 6.42 Å². The largest absolute Gasteiger partial charge is 0.491 e. The molecule has 0 aromatic heterocycles. The van der Waals surface area contributed by atoms with Crippen molar-refractivity contribution >= 4 is 0 Å². The number of β-amino-alcohol motifs (C(OH)–C–C–N with tert-alkyl or cyclic N) is 1. The minimum atomic E-state index is -0.516. The molecule has 24 heavy (non-hydrogen) atoms. The first kappa shape index (κ1) is 17.2. The molecule has 130 valence electrons. The first-order valence-electron chi connectivity index (χ1n) is 8.86. The molecule has 0 amide bonds. The van der Waals surface area contributed by atoms with Crippen LogP contribution in [0, 0.1) is 23.2 Å². The van der Waals surface area contributed by atoms with E-state index in [9.17, 15) is 5.11 Å². The molecule has 2 aliphatic rings. The smallest absolute Gasteiger partial charge is 0.119 e. The first-order chi connectivity index (χ1) is 11.6. The van der Waals surface area contributed by atoms with Gasteiger partial charge in [-0.05, 0) is 69.5 Å². The number of nitriles is 1. The summed E-state index contributed by atoms with van der Waals surface area (Å²) in [6.07, 6.45) is 0.779. The number of hydrogen-bond donors (Lipinski definition) is 2. The van der Waals surface area contributed by atoms with Crippen molar-refractivity contribution in [1.82, 2.24) is 10.2 Å². The average Bonchev–Trinajstić information content (AvgIpc) is 2.63. The van der Waals surface area contributed by atoms with E-state index in [-0.39, 0.29) is 6.61 Å². The van der Waals surface area contributed by atoms with E-state index in [0.717, 1.165) is 13.1 Å². The zero-order valence-corrected chi connectivity index (χ0v) is 14.5. The van der Waals surface area contributed by atoms with Crippen LogP contribution >= 0.6 is 0 Å². The third-order valence-electron chi connectivity index (χ3n) is 5.68. The summed E-state index contributed by atoms with van der Waals surface area (Å²) in [6, 6.07) is 10.0. The number of fused-ring (bicyclic) bond motifs is 2. The van der Waals surface area contributed by atoms with E-state index in [1.807, 2.05) is 0 Å². The van der Waals surface area contributed by atoms with Gasteiger partial charge in [-0.3, -0.25) is 4.90 Å². The van der Waals surface area contributed by atoms with Gasteiger partial charge in [0.15, 0.2) is 0 Å². The van der Waals surface area contributed by atoms with Gasteiger partial charge in [0.05, 0.1) is 11.6 Å². The highest BCUT2D eigenvalue weighted by molar-refractivity contribution is 5.34. The summed E-state index contributed by atoms with van der Waals surface area (Å²) in [4.78, 5) is 2.45. The standard InChI is InChI=1S/C19H27N3O2/c1-13-16-7-17(10-21-9-16)14(2)22(13)11-18(23)12-24-19-5-3-15(8-20)4-6-19/h3-6,13-14,16-18,21,23H,7,9-12H2,1-2H3. The van der Waals surface area contributed by atoms with Gasteiger partial charge in [-0.25, -0.2) is 0 Å². The Morgan fingerprint density at radius 2 is 1.88 bits per heavy atom. The second-order valence-electron chi connectivity index (χ2n) is 7.19. The molecule has 5 atom stereocenters. The van der Waals surface area contributed by atoms with Crippen molar-refractivity contribution in [2.75, 3.05) is 26.2 Å². The van der Waals surface area contributed by atoms with Gasteiger partial charge in [0.1, 0.15) is 18.5 Å². The van der Waals surface area contributed by atoms with Gasteiger partial charge in [-0.15, -0.1) is 0 Å². The molecule has 2 heterocycles. The molecule has 5 nitrogen and oxygen atoms in total. The summed E-state index contributed by atoms with van der Waals surface area (Å²) < 4.78 is 5.67. The van der Waals surface area contributed by atoms with E-state index in [0.29, 0.717) is 41.8 Å². The highest BCUT2D eigenvalue weighted by Crippen LogP contribution is 2.34. The van der Waals surface area contributed by atoms with Crippen LogP contribution in [0.15, 0.2) is 24.3 Å². The number of hydrogen-bond acceptors (Lipinski definition) is 5. The van der Waals surface area contributed by atoms with Crippen LogP contribution in [0.5, 0.6) is 5.75 Å². The number of aliphatic hydroxyl groups is 1. The van der Waals surface area contributed by atoms with Crippen LogP contribution in [0.2, 0.25) is 0 Å². The number of ether oxygens (including phenoxy) is 1. The Morgan fingerprint density at radius 1 is 1.25 bits per heavy atom. The lowest BCUT2D eigenvalue weighted by Crippen LogP contribution is -2.61. The van der Waals surface area contributed by atoms with E-state index >= 15 is 0 Å². The summed E-state index contributed by atoms with van der Waals surface area (Å²) in [6.45, 7) is 7.63. The van der Waals surface area contributed by atoms with Crippen LogP contribution in [0.4, 0.5) is 0 Å². The van der Waals surface area contributed by atoms with Crippen LogP contribution in [0.3, 0.4) is 0 Å². The van der Waals surface area contributed by atoms with E-state index in [4.69, 9.17) is 10.00 Å². The summed E-state index contributed by atoms with van der Waals surface area (Å²) in [5, 5.41) is 22.8. The number of nitrogens with zero attached hydrogens (tertiary/aromatic N) is 2. The second-order valence-corrected chi connectivity index (χ2v) is 7.19. The number of nitrogens with one attached hydrogen (secondary N) is 1. The molecule has 2 saturated heterocycles. The fourth-order valence-electron chi connectivity index (χ4n) is 4.10. The molecule has 3 rings (SSSR count). The van der Waals surface area contributed by atoms with Crippen molar-refractivity contribution < 1.29 is 9.84 Å². The Bertz CT molecular complexity index is 567. The summed E-state index contributed by atoms with van der Waals surface area (Å²) in [7, 11) is 0. The van der Waals surface area contributed by atoms with E-state index in [2.05, 4.69) is 30.1 Å². The Balaban J connectivity index is 1.53. The first-order valence-corrected chi connectivity index (χ1v) is 8.86. The van der Waals surface area contributed by atoms with Crippen molar-refractivity contribution in [3.63, 3.8) is 0 Å². The summed E-state index contributed by atoms with van der Waals surface area (Å²) >= 11 is 0. The molecule has 5 heteroatoms. The molecule has 2 bridgehead atoms. The maximum Gasteiger partial charge on any atom is 0.119 e. The SMILES string of the molecule is CC1C2CNCC(C2)C(C)N1CC(O)COc1ccc(C#N)cc1. The normalized spacial score (nSPS) is 31.2. The van der Waals surface area contributed by atoms with Crippen molar-refractivity contribution in [3.05, 3.63) is 29.8 Å². The van der Waals surface area contributed by atoms with Gasteiger partial charge in [0.2, 0.25) is 0 Å². The van der Waals surface area contributed by atoms with Crippen molar-refractivity contribution in [3.8, 4) is 11.8 Å². The lowest BCUT2D eigenvalue weighted by Gasteiger charge is -2.51. The Hall–Kier alpha value is -1.61. The Morgan fingerprint density at radius 3 is 2.46 bits per heavy atom. The number of piperidine rings is 2. The molecular formula is C19H27N3O2. The highest BCUT2D eigenvalue weighted by atomic mass is 16.5. The maximum atomic E-state index is 10.4. The van der Waals surface area contributed by atoms with Crippen LogP contribution < -0.4 is 10.1 Å². The molecule has 0 spiro atoms. The third-order valence-corrected chi connectivity index (χ3v) is 5.68. The second kappa shape index (κ2) is 7.52. The van der Waals surface area contributed by atoms with E-state index in [1.54, 1.807) is 24.3 Å². The molecule has 1 aromatic carbocycles. The average molecular weight is 329 g/mol. The molecule has 2 fully saturated rings. The lowest BCUT2D eigenvalue weighted by atomic mass is 9.76. The lowest BCUT2D eigenvalue weighted by molar-refractivity contribution is -0.0365. The minimum Gasteiger partial charge on any atom is -0.491 e. The fourth-order valence-corrected chi connectivity index (χ4v) is 4.10. The number of benzene rings is 1. The van der Waals surface area contributed by atoms with Crippen molar-refractivity contribution in [1.29, 1.82) is 5.26 Å². The number of aliphatic hydroxyl groups excluding tert-OH is 1. The predicted molar refractivity (Wildman–Crippen MR) is 92.8 cm³/mol. The number of likely N-dealkylation sites (tertiary alicyclic amines) is 1. The van der Waals surface area contributed by atoms with Gasteiger partial charge in [0, 0.05) is 18.6 Å². The molecule has 0 saturated carbocycles. The van der Waals surface area contributed by atoms with Gasteiger partial charge in [0.25, 0.3) is 0 Å². The third kappa shape index (κ3) is 3.72. The van der Waals surface area contributed by atoms with Crippen molar-refractivity contribution in [2.24, 2.45) is 11.8 Å². The number of rotatable bonds is 5. The van der Waals surface area contributed by atoms with Gasteiger partial charge in [-0.1, -0.05) is 0 Å². The maximum absolute atomic E-state index is 10.4. The zero-order chi connectivity index (χ0) is 17.1. The van der Waals surface area contributed by atoms with Crippen LogP contribution in [0.1, 0.15) is 25.8 Å². The van der Waals surface area contributed by atoms with Crippen LogP contribution in [0.25, 0.3) is 0 Å². The summed E-state index contributed by atoms with van der Waals surface area (Å²) in [5.74, 6) is 2.03. The fraction of sp³-hybridized carbons (Fsp3) is 0.632. The van der Waals surface area contributed by atoms with E-state index < -0.39 is 6.10 Å². The van der Waals surface area contributed by atoms with Gasteiger partial charge >= 0.3 is 0 Å². The molecule has 2 aliphatic heterocycles. The monoisotopic (exact) mass is 329 g/mol. The minimum absolute atomic E-state index is 0.273. The van der Waals surface area contributed by atoms with Crippen molar-refractivity contribution in [2.45, 2.75) is 38.5 Å². The quantitative estimate of drug-likeness (QED) is 0.859. The molecule has 5 unspecified atom stereocenters. The molecule has 2 N–H and O–H groups in total. The highest BCUT2D eigenvalue weighted by Gasteiger charge is 2.41. The molecular weight excluding hydrogens is 302 g/mol. The molecule has 0 radical (unpaired) electrons. The van der Waals surface area contributed by atoms with Gasteiger partial charge in [-0.2, -0.15) is 5.26 Å². The zero-order valence-electron chi connectivity index (χ0n) is 14.5. The van der Waals surface area contributed by atoms with Gasteiger partial charge < -0.3 is 15.2 Å². The topological polar surface area (TPSA) is 68.5 Å². The Kier molecular flexibility index (Phi) is 5.40. The van der Waals surface area contributed by atoms with Crippen LogP contribution in [-0.2, 0) is 0 Å². The predicted octanol–water partition coefficient (Wildman–Crippen LogP) is 1.62. The van der Waals surface area contributed by atoms with Crippen LogP contribution in [-0.4, -0.2) is 54.4 Å².